The quantitative estimate of drug-likeness (QED) is 0.433. The number of pyridine rings is 1. The Morgan fingerprint density at radius 1 is 1.06 bits per heavy atom. The highest BCUT2D eigenvalue weighted by Gasteiger charge is 2.28. The Balaban J connectivity index is 1.52. The SMILES string of the molecule is Cc1cc(C(=O)Cn2cc(S(=O)(=O)N3CCCC3)ccc2=O)c(C)n1CCC1=CCCCC1. The van der Waals surface area contributed by atoms with Crippen LogP contribution in [0.1, 0.15) is 66.7 Å². The molecule has 33 heavy (non-hydrogen) atoms. The van der Waals surface area contributed by atoms with E-state index >= 15 is 0 Å². The zero-order valence-electron chi connectivity index (χ0n) is 19.5. The van der Waals surface area contributed by atoms with Gasteiger partial charge in [-0.15, -0.1) is 0 Å². The molecular formula is C25H33N3O4S. The third-order valence-electron chi connectivity index (χ3n) is 6.89. The lowest BCUT2D eigenvalue weighted by Gasteiger charge is -2.16. The normalized spacial score (nSPS) is 17.3. The molecular weight excluding hydrogens is 438 g/mol. The fraction of sp³-hybridized carbons (Fsp3) is 0.520. The second-order valence-corrected chi connectivity index (χ2v) is 11.1. The standard InChI is InChI=1S/C25H33N3O4S/c1-19-16-23(20(2)28(19)15-12-21-8-4-3-5-9-21)24(29)18-26-17-22(10-11-25(26)30)33(31,32)27-13-6-7-14-27/h8,10-11,16-17H,3-7,9,12-15,18H2,1-2H3. The first kappa shape index (κ1) is 23.7. The third-order valence-corrected chi connectivity index (χ3v) is 8.77. The molecule has 4 rings (SSSR count). The Labute approximate surface area is 195 Å². The van der Waals surface area contributed by atoms with Gasteiger partial charge in [0.2, 0.25) is 10.0 Å². The van der Waals surface area contributed by atoms with Crippen LogP contribution >= 0.6 is 0 Å². The van der Waals surface area contributed by atoms with E-state index in [1.54, 1.807) is 0 Å². The van der Waals surface area contributed by atoms with Gasteiger partial charge in [-0.3, -0.25) is 9.59 Å². The molecule has 0 atom stereocenters. The number of carbonyl (C=O) groups is 1. The molecule has 2 aliphatic rings. The number of Topliss-reactive ketones (excluding diaryl/α,β-unsaturated/α-hetero) is 1. The van der Waals surface area contributed by atoms with E-state index in [9.17, 15) is 18.0 Å². The lowest BCUT2D eigenvalue weighted by molar-refractivity contribution is 0.0969. The van der Waals surface area contributed by atoms with Gasteiger partial charge in [-0.1, -0.05) is 11.6 Å². The maximum absolute atomic E-state index is 13.1. The second kappa shape index (κ2) is 9.81. The summed E-state index contributed by atoms with van der Waals surface area (Å²) < 4.78 is 30.6. The molecule has 8 heteroatoms. The molecule has 7 nitrogen and oxygen atoms in total. The zero-order chi connectivity index (χ0) is 23.6. The van der Waals surface area contributed by atoms with Crippen LogP contribution in [0.15, 0.2) is 45.7 Å². The van der Waals surface area contributed by atoms with Crippen molar-refractivity contribution in [2.75, 3.05) is 13.1 Å². The molecule has 0 aromatic carbocycles. The summed E-state index contributed by atoms with van der Waals surface area (Å²) in [7, 11) is -3.65. The van der Waals surface area contributed by atoms with Crippen LogP contribution in [0.25, 0.3) is 0 Å². The van der Waals surface area contributed by atoms with E-state index in [2.05, 4.69) is 10.6 Å². The first-order valence-electron chi connectivity index (χ1n) is 11.9. The van der Waals surface area contributed by atoms with E-state index < -0.39 is 10.0 Å². The van der Waals surface area contributed by atoms with Crippen LogP contribution < -0.4 is 5.56 Å². The first-order chi connectivity index (χ1) is 15.8. The highest BCUT2D eigenvalue weighted by atomic mass is 32.2. The first-order valence-corrected chi connectivity index (χ1v) is 13.3. The van der Waals surface area contributed by atoms with Crippen molar-refractivity contribution in [1.29, 1.82) is 0 Å². The molecule has 0 unspecified atom stereocenters. The number of rotatable bonds is 8. The van der Waals surface area contributed by atoms with Crippen LogP contribution in [0.5, 0.6) is 0 Å². The van der Waals surface area contributed by atoms with Crippen LogP contribution in [0.3, 0.4) is 0 Å². The van der Waals surface area contributed by atoms with E-state index in [1.165, 1.54) is 45.6 Å². The van der Waals surface area contributed by atoms with Gasteiger partial charge < -0.3 is 9.13 Å². The lowest BCUT2D eigenvalue weighted by atomic mass is 9.97. The summed E-state index contributed by atoms with van der Waals surface area (Å²) in [5.74, 6) is -0.191. The fourth-order valence-electron chi connectivity index (χ4n) is 4.92. The molecule has 0 radical (unpaired) electrons. The summed E-state index contributed by atoms with van der Waals surface area (Å²) in [4.78, 5) is 25.6. The Hall–Kier alpha value is -2.45. The Morgan fingerprint density at radius 2 is 1.82 bits per heavy atom. The lowest BCUT2D eigenvalue weighted by Crippen LogP contribution is -2.30. The highest BCUT2D eigenvalue weighted by molar-refractivity contribution is 7.89. The average molecular weight is 472 g/mol. The van der Waals surface area contributed by atoms with E-state index in [1.807, 2.05) is 19.9 Å². The van der Waals surface area contributed by atoms with Crippen molar-refractivity contribution in [3.8, 4) is 0 Å². The number of ketones is 1. The summed E-state index contributed by atoms with van der Waals surface area (Å²) in [6.07, 6.45) is 11.1. The van der Waals surface area contributed by atoms with Gasteiger partial charge >= 0.3 is 0 Å². The topological polar surface area (TPSA) is 81.4 Å². The predicted octanol–water partition coefficient (Wildman–Crippen LogP) is 3.82. The summed E-state index contributed by atoms with van der Waals surface area (Å²) in [5, 5.41) is 0. The monoisotopic (exact) mass is 471 g/mol. The van der Waals surface area contributed by atoms with Gasteiger partial charge in [0.1, 0.15) is 0 Å². The maximum atomic E-state index is 13.1. The smallest absolute Gasteiger partial charge is 0.251 e. The Bertz CT molecular complexity index is 1230. The fourth-order valence-corrected chi connectivity index (χ4v) is 6.46. The number of allylic oxidation sites excluding steroid dienone is 2. The van der Waals surface area contributed by atoms with Gasteiger partial charge in [-0.05, 0) is 70.9 Å². The summed E-state index contributed by atoms with van der Waals surface area (Å²) in [6, 6.07) is 4.45. The number of nitrogens with zero attached hydrogens (tertiary/aromatic N) is 3. The Kier molecular flexibility index (Phi) is 7.05. The molecule has 0 spiro atoms. The maximum Gasteiger partial charge on any atom is 0.251 e. The molecule has 1 saturated heterocycles. The van der Waals surface area contributed by atoms with Crippen LogP contribution in [0, 0.1) is 13.8 Å². The molecule has 1 aliphatic carbocycles. The van der Waals surface area contributed by atoms with Crippen LogP contribution in [0.2, 0.25) is 0 Å². The van der Waals surface area contributed by atoms with E-state index in [0.29, 0.717) is 18.7 Å². The highest BCUT2D eigenvalue weighted by Crippen LogP contribution is 2.24. The Morgan fingerprint density at radius 3 is 2.52 bits per heavy atom. The average Bonchev–Trinajstić information content (AvgIpc) is 3.44. The van der Waals surface area contributed by atoms with Crippen molar-refractivity contribution in [2.45, 2.75) is 76.8 Å². The summed E-state index contributed by atoms with van der Waals surface area (Å²) in [6.45, 7) is 5.56. The molecule has 3 heterocycles. The van der Waals surface area contributed by atoms with E-state index in [-0.39, 0.29) is 22.8 Å². The van der Waals surface area contributed by atoms with Gasteiger partial charge in [-0.25, -0.2) is 8.42 Å². The molecule has 0 N–H and O–H groups in total. The third kappa shape index (κ3) is 5.06. The van der Waals surface area contributed by atoms with E-state index in [0.717, 1.165) is 50.0 Å². The number of sulfonamides is 1. The summed E-state index contributed by atoms with van der Waals surface area (Å²) in [5.41, 5.74) is 3.60. The van der Waals surface area contributed by atoms with Crippen LogP contribution in [-0.2, 0) is 23.1 Å². The molecule has 1 fully saturated rings. The van der Waals surface area contributed by atoms with Crippen molar-refractivity contribution in [3.05, 3.63) is 63.4 Å². The predicted molar refractivity (Wildman–Crippen MR) is 128 cm³/mol. The minimum atomic E-state index is -3.65. The molecule has 1 aliphatic heterocycles. The number of hydrogen-bond donors (Lipinski definition) is 0. The van der Waals surface area contributed by atoms with E-state index in [4.69, 9.17) is 0 Å². The number of aromatic nitrogens is 2. The van der Waals surface area contributed by atoms with Crippen molar-refractivity contribution in [1.82, 2.24) is 13.4 Å². The molecule has 0 bridgehead atoms. The molecule has 178 valence electrons. The van der Waals surface area contributed by atoms with Gasteiger partial charge in [0.05, 0.1) is 11.4 Å². The van der Waals surface area contributed by atoms with Gasteiger partial charge in [0.25, 0.3) is 5.56 Å². The molecule has 2 aromatic heterocycles. The van der Waals surface area contributed by atoms with Crippen LogP contribution in [-0.4, -0.2) is 40.7 Å². The van der Waals surface area contributed by atoms with Gasteiger partial charge in [0, 0.05) is 48.8 Å². The van der Waals surface area contributed by atoms with Gasteiger partial charge in [-0.2, -0.15) is 4.31 Å². The molecule has 2 aromatic rings. The number of hydrogen-bond acceptors (Lipinski definition) is 4. The number of aryl methyl sites for hydroxylation is 1. The summed E-state index contributed by atoms with van der Waals surface area (Å²) >= 11 is 0. The van der Waals surface area contributed by atoms with Crippen LogP contribution in [0.4, 0.5) is 0 Å². The van der Waals surface area contributed by atoms with Gasteiger partial charge in [0.15, 0.2) is 5.78 Å². The van der Waals surface area contributed by atoms with Crippen molar-refractivity contribution in [2.24, 2.45) is 0 Å². The largest absolute Gasteiger partial charge is 0.348 e. The molecule has 0 amide bonds. The second-order valence-electron chi connectivity index (χ2n) is 9.16. The van der Waals surface area contributed by atoms with Crippen molar-refractivity contribution >= 4 is 15.8 Å². The zero-order valence-corrected chi connectivity index (χ0v) is 20.4. The number of carbonyl (C=O) groups excluding carboxylic acids is 1. The van der Waals surface area contributed by atoms with Crippen molar-refractivity contribution < 1.29 is 13.2 Å². The van der Waals surface area contributed by atoms with Crippen molar-refractivity contribution in [3.63, 3.8) is 0 Å². The molecule has 0 saturated carbocycles. The minimum Gasteiger partial charge on any atom is -0.348 e. The minimum absolute atomic E-state index is 0.0584.